The number of anilines is 1. The van der Waals surface area contributed by atoms with Gasteiger partial charge in [0.05, 0.1) is 40.0 Å². The van der Waals surface area contributed by atoms with Gasteiger partial charge in [-0.15, -0.1) is 0 Å². The number of rotatable bonds is 8. The van der Waals surface area contributed by atoms with Crippen molar-refractivity contribution >= 4 is 29.0 Å². The number of methoxy groups -OCH3 is 4. The van der Waals surface area contributed by atoms with Crippen LogP contribution in [0, 0.1) is 0 Å². The molecule has 0 radical (unpaired) electrons. The quantitative estimate of drug-likeness (QED) is 0.329. The Morgan fingerprint density at radius 2 is 1.57 bits per heavy atom. The Morgan fingerprint density at radius 3 is 2.19 bits per heavy atom. The summed E-state index contributed by atoms with van der Waals surface area (Å²) < 4.78 is 27.3. The van der Waals surface area contributed by atoms with Gasteiger partial charge in [0.1, 0.15) is 18.1 Å². The molecule has 3 aromatic carbocycles. The van der Waals surface area contributed by atoms with E-state index < -0.39 is 5.97 Å². The molecule has 0 aromatic heterocycles. The van der Waals surface area contributed by atoms with Gasteiger partial charge in [-0.3, -0.25) is 0 Å². The number of nitrogens with one attached hydrogen (secondary N) is 1. The normalized spacial score (nSPS) is 14.3. The molecule has 0 aliphatic carbocycles. The molecule has 4 rings (SSSR count). The van der Waals surface area contributed by atoms with Crippen LogP contribution in [-0.2, 0) is 11.2 Å². The minimum Gasteiger partial charge on any atom is -0.497 e. The summed E-state index contributed by atoms with van der Waals surface area (Å²) in [7, 11) is 6.24. The highest BCUT2D eigenvalue weighted by Gasteiger charge is 2.31. The number of esters is 1. The van der Waals surface area contributed by atoms with Gasteiger partial charge in [-0.05, 0) is 90.4 Å². The van der Waals surface area contributed by atoms with Gasteiger partial charge in [0.2, 0.25) is 0 Å². The van der Waals surface area contributed by atoms with Gasteiger partial charge in [0, 0.05) is 12.2 Å². The molecule has 1 unspecified atom stereocenters. The SMILES string of the molecule is COC(=O)c1ccc(OCC2c3cc(OC)c(OC)cc3CCN2C(=S)Nc2ccc(OC)cc2)cc1. The second-order valence-electron chi connectivity index (χ2n) is 8.35. The van der Waals surface area contributed by atoms with Gasteiger partial charge in [-0.2, -0.15) is 0 Å². The van der Waals surface area contributed by atoms with E-state index >= 15 is 0 Å². The van der Waals surface area contributed by atoms with Crippen molar-refractivity contribution in [3.8, 4) is 23.0 Å². The van der Waals surface area contributed by atoms with Gasteiger partial charge >= 0.3 is 5.97 Å². The molecule has 1 aliphatic rings. The molecule has 8 nitrogen and oxygen atoms in total. The fraction of sp³-hybridized carbons (Fsp3) is 0.286. The number of carbonyl (C=O) groups is 1. The Hall–Kier alpha value is -3.98. The van der Waals surface area contributed by atoms with Crippen molar-refractivity contribution in [1.82, 2.24) is 4.90 Å². The summed E-state index contributed by atoms with van der Waals surface area (Å²) in [6.45, 7) is 1.02. The van der Waals surface area contributed by atoms with E-state index in [1.165, 1.54) is 7.11 Å². The summed E-state index contributed by atoms with van der Waals surface area (Å²) in [5.41, 5.74) is 3.52. The van der Waals surface area contributed by atoms with Crippen LogP contribution >= 0.6 is 12.2 Å². The maximum Gasteiger partial charge on any atom is 0.337 e. The van der Waals surface area contributed by atoms with Crippen molar-refractivity contribution in [2.45, 2.75) is 12.5 Å². The first-order valence-corrected chi connectivity index (χ1v) is 12.2. The van der Waals surface area contributed by atoms with Crippen LogP contribution in [0.3, 0.4) is 0 Å². The molecule has 0 amide bonds. The van der Waals surface area contributed by atoms with Crippen molar-refractivity contribution in [3.05, 3.63) is 77.4 Å². The van der Waals surface area contributed by atoms with Gasteiger partial charge in [0.25, 0.3) is 0 Å². The number of hydrogen-bond donors (Lipinski definition) is 1. The second-order valence-corrected chi connectivity index (χ2v) is 8.74. The van der Waals surface area contributed by atoms with Crippen molar-refractivity contribution in [2.24, 2.45) is 0 Å². The van der Waals surface area contributed by atoms with E-state index in [4.69, 9.17) is 35.9 Å². The standard InChI is InChI=1S/C28H30N2O6S/c1-32-21-11-7-20(8-12-21)29-28(37)30-14-13-19-15-25(33-2)26(34-3)16-23(19)24(30)17-36-22-9-5-18(6-10-22)27(31)35-4/h5-12,15-16,24H,13-14,17H2,1-4H3,(H,29,37). The molecule has 1 atom stereocenters. The number of nitrogens with zero attached hydrogens (tertiary/aromatic N) is 1. The van der Waals surface area contributed by atoms with E-state index in [1.807, 2.05) is 36.4 Å². The number of carbonyl (C=O) groups excluding carboxylic acids is 1. The van der Waals surface area contributed by atoms with E-state index in [0.29, 0.717) is 41.1 Å². The third kappa shape index (κ3) is 5.89. The lowest BCUT2D eigenvalue weighted by Gasteiger charge is -2.39. The Bertz CT molecular complexity index is 1250. The van der Waals surface area contributed by atoms with Crippen molar-refractivity contribution < 1.29 is 28.5 Å². The molecule has 1 aliphatic heterocycles. The summed E-state index contributed by atoms with van der Waals surface area (Å²) in [6.07, 6.45) is 0.782. The minimum atomic E-state index is -0.394. The molecule has 37 heavy (non-hydrogen) atoms. The largest absolute Gasteiger partial charge is 0.497 e. The lowest BCUT2D eigenvalue weighted by molar-refractivity contribution is 0.0600. The molecule has 0 spiro atoms. The first-order valence-electron chi connectivity index (χ1n) is 11.7. The van der Waals surface area contributed by atoms with Crippen LogP contribution < -0.4 is 24.3 Å². The molecule has 1 heterocycles. The monoisotopic (exact) mass is 522 g/mol. The molecule has 0 bridgehead atoms. The Labute approximate surface area is 222 Å². The summed E-state index contributed by atoms with van der Waals surface area (Å²) in [5, 5.41) is 3.92. The zero-order valence-electron chi connectivity index (χ0n) is 21.3. The van der Waals surface area contributed by atoms with Crippen LogP contribution in [0.25, 0.3) is 0 Å². The topological polar surface area (TPSA) is 78.5 Å². The molecule has 0 fully saturated rings. The maximum absolute atomic E-state index is 11.8. The smallest absolute Gasteiger partial charge is 0.337 e. The van der Waals surface area contributed by atoms with Gasteiger partial charge in [-0.25, -0.2) is 4.79 Å². The predicted molar refractivity (Wildman–Crippen MR) is 145 cm³/mol. The number of ether oxygens (including phenoxy) is 5. The second kappa shape index (κ2) is 11.8. The first-order chi connectivity index (χ1) is 18.0. The average molecular weight is 523 g/mol. The fourth-order valence-electron chi connectivity index (χ4n) is 4.30. The Morgan fingerprint density at radius 1 is 0.919 bits per heavy atom. The van der Waals surface area contributed by atoms with Crippen LogP contribution in [-0.4, -0.2) is 57.6 Å². The summed E-state index contributed by atoms with van der Waals surface area (Å²) >= 11 is 5.84. The maximum atomic E-state index is 11.8. The number of fused-ring (bicyclic) bond motifs is 1. The van der Waals surface area contributed by atoms with E-state index in [0.717, 1.165) is 29.0 Å². The van der Waals surface area contributed by atoms with E-state index in [2.05, 4.69) is 10.2 Å². The first kappa shape index (κ1) is 26.1. The molecule has 1 N–H and O–H groups in total. The summed E-state index contributed by atoms with van der Waals surface area (Å²) in [6, 6.07) is 18.3. The number of thiocarbonyl (C=S) groups is 1. The van der Waals surface area contributed by atoms with Crippen LogP contribution in [0.5, 0.6) is 23.0 Å². The zero-order chi connectivity index (χ0) is 26.4. The van der Waals surface area contributed by atoms with Gasteiger partial charge in [0.15, 0.2) is 16.6 Å². The van der Waals surface area contributed by atoms with Crippen molar-refractivity contribution in [1.29, 1.82) is 0 Å². The van der Waals surface area contributed by atoms with E-state index in [9.17, 15) is 4.79 Å². The molecular formula is C28H30N2O6S. The highest BCUT2D eigenvalue weighted by molar-refractivity contribution is 7.80. The third-order valence-corrected chi connectivity index (χ3v) is 6.62. The highest BCUT2D eigenvalue weighted by Crippen LogP contribution is 2.38. The fourth-order valence-corrected chi connectivity index (χ4v) is 4.64. The van der Waals surface area contributed by atoms with Crippen molar-refractivity contribution in [3.63, 3.8) is 0 Å². The van der Waals surface area contributed by atoms with Gasteiger partial charge < -0.3 is 33.9 Å². The van der Waals surface area contributed by atoms with Crippen molar-refractivity contribution in [2.75, 3.05) is 46.9 Å². The van der Waals surface area contributed by atoms with Crippen LogP contribution in [0.4, 0.5) is 5.69 Å². The molecule has 194 valence electrons. The van der Waals surface area contributed by atoms with Crippen LogP contribution in [0.15, 0.2) is 60.7 Å². The predicted octanol–water partition coefficient (Wildman–Crippen LogP) is 4.87. The summed E-state index contributed by atoms with van der Waals surface area (Å²) in [4.78, 5) is 13.9. The van der Waals surface area contributed by atoms with Gasteiger partial charge in [-0.1, -0.05) is 0 Å². The van der Waals surface area contributed by atoms with E-state index in [-0.39, 0.29) is 6.04 Å². The average Bonchev–Trinajstić information content (AvgIpc) is 2.95. The van der Waals surface area contributed by atoms with Crippen LogP contribution in [0.1, 0.15) is 27.5 Å². The molecule has 9 heteroatoms. The molecule has 0 saturated carbocycles. The Kier molecular flexibility index (Phi) is 8.35. The summed E-state index contributed by atoms with van der Waals surface area (Å²) in [5.74, 6) is 2.34. The molecule has 0 saturated heterocycles. The number of hydrogen-bond acceptors (Lipinski definition) is 7. The lowest BCUT2D eigenvalue weighted by Crippen LogP contribution is -2.44. The zero-order valence-corrected chi connectivity index (χ0v) is 22.1. The molecular weight excluding hydrogens is 492 g/mol. The third-order valence-electron chi connectivity index (χ3n) is 6.29. The van der Waals surface area contributed by atoms with Crippen LogP contribution in [0.2, 0.25) is 0 Å². The number of benzene rings is 3. The van der Waals surface area contributed by atoms with E-state index in [1.54, 1.807) is 45.6 Å². The highest BCUT2D eigenvalue weighted by atomic mass is 32.1. The Balaban J connectivity index is 1.60. The minimum absolute atomic E-state index is 0.193. The molecule has 3 aromatic rings. The lowest BCUT2D eigenvalue weighted by atomic mass is 9.92.